The van der Waals surface area contributed by atoms with Gasteiger partial charge in [-0.25, -0.2) is 4.98 Å². The number of imidazole rings is 1. The molecule has 0 saturated carbocycles. The van der Waals surface area contributed by atoms with E-state index in [0.717, 1.165) is 39.0 Å². The fourth-order valence-electron chi connectivity index (χ4n) is 2.55. The Hall–Kier alpha value is -2.39. The zero-order chi connectivity index (χ0) is 16.2. The van der Waals surface area contributed by atoms with Crippen molar-refractivity contribution in [3.63, 3.8) is 0 Å². The second-order valence-electron chi connectivity index (χ2n) is 5.20. The maximum Gasteiger partial charge on any atom is 0.141 e. The third kappa shape index (κ3) is 3.20. The number of hydrogen-bond acceptors (Lipinski definition) is 1. The largest absolute Gasteiger partial charge is 0.293 e. The topological polar surface area (TPSA) is 17.8 Å². The molecule has 0 aliphatic heterocycles. The van der Waals surface area contributed by atoms with Crippen LogP contribution in [0.15, 0.2) is 84.4 Å². The van der Waals surface area contributed by atoms with Crippen molar-refractivity contribution >= 4 is 38.2 Å². The number of nitrogens with zero attached hydrogens (tertiary/aromatic N) is 2. The zero-order valence-electron chi connectivity index (χ0n) is 12.7. The molecule has 3 rings (SSSR count). The minimum absolute atomic E-state index is 0.827. The van der Waals surface area contributed by atoms with Crippen molar-refractivity contribution in [1.29, 1.82) is 0 Å². The number of benzene rings is 1. The van der Waals surface area contributed by atoms with Crippen LogP contribution in [0.25, 0.3) is 22.3 Å². The Labute approximate surface area is 144 Å². The summed E-state index contributed by atoms with van der Waals surface area (Å²) in [6, 6.07) is 8.12. The fraction of sp³-hybridized carbons (Fsp3) is 0.0500. The minimum Gasteiger partial charge on any atom is -0.293 e. The minimum atomic E-state index is 0.827. The van der Waals surface area contributed by atoms with Gasteiger partial charge in [-0.2, -0.15) is 0 Å². The van der Waals surface area contributed by atoms with Crippen molar-refractivity contribution in [2.45, 2.75) is 6.42 Å². The number of aromatic nitrogens is 2. The van der Waals surface area contributed by atoms with Crippen molar-refractivity contribution in [2.75, 3.05) is 0 Å². The molecule has 23 heavy (non-hydrogen) atoms. The maximum atomic E-state index is 4.83. The molecule has 0 amide bonds. The van der Waals surface area contributed by atoms with Crippen LogP contribution in [0.3, 0.4) is 0 Å². The molecule has 1 aliphatic carbocycles. The second-order valence-corrected chi connectivity index (χ2v) is 6.11. The van der Waals surface area contributed by atoms with Gasteiger partial charge in [0.2, 0.25) is 0 Å². The third-order valence-electron chi connectivity index (χ3n) is 3.62. The summed E-state index contributed by atoms with van der Waals surface area (Å²) < 4.78 is 3.16. The molecule has 2 aromatic rings. The van der Waals surface area contributed by atoms with Crippen molar-refractivity contribution in [1.82, 2.24) is 9.55 Å². The van der Waals surface area contributed by atoms with Gasteiger partial charge in [-0.1, -0.05) is 71.6 Å². The highest BCUT2D eigenvalue weighted by Gasteiger charge is 2.15. The van der Waals surface area contributed by atoms with Gasteiger partial charge in [-0.3, -0.25) is 4.57 Å². The van der Waals surface area contributed by atoms with Crippen molar-refractivity contribution < 1.29 is 0 Å². The molecule has 114 valence electrons. The van der Waals surface area contributed by atoms with Gasteiger partial charge < -0.3 is 0 Å². The molecule has 0 spiro atoms. The number of halogens is 1. The van der Waals surface area contributed by atoms with Crippen LogP contribution in [-0.2, 0) is 0 Å². The summed E-state index contributed by atoms with van der Waals surface area (Å²) in [5.74, 6) is 0.924. The second kappa shape index (κ2) is 6.80. The summed E-state index contributed by atoms with van der Waals surface area (Å²) in [5.41, 5.74) is 4.04. The van der Waals surface area contributed by atoms with E-state index in [1.165, 1.54) is 0 Å². The van der Waals surface area contributed by atoms with E-state index in [-0.39, 0.29) is 0 Å². The lowest BCUT2D eigenvalue weighted by molar-refractivity contribution is 1.08. The summed E-state index contributed by atoms with van der Waals surface area (Å²) in [6.07, 6.45) is 14.7. The molecule has 0 N–H and O–H groups in total. The number of allylic oxidation sites excluding steroid dienone is 10. The highest BCUT2D eigenvalue weighted by molar-refractivity contribution is 9.11. The monoisotopic (exact) mass is 364 g/mol. The number of hydrogen-bond donors (Lipinski definition) is 0. The summed E-state index contributed by atoms with van der Waals surface area (Å²) in [5, 5.41) is 0. The van der Waals surface area contributed by atoms with Gasteiger partial charge in [0.15, 0.2) is 0 Å². The Morgan fingerprint density at radius 1 is 1.26 bits per heavy atom. The molecule has 0 unspecified atom stereocenters. The molecular weight excluding hydrogens is 348 g/mol. The van der Waals surface area contributed by atoms with E-state index in [4.69, 9.17) is 4.98 Å². The average molecular weight is 365 g/mol. The van der Waals surface area contributed by atoms with E-state index in [0.29, 0.717) is 0 Å². The average Bonchev–Trinajstić information content (AvgIpc) is 2.81. The molecule has 0 fully saturated rings. The Morgan fingerprint density at radius 3 is 2.91 bits per heavy atom. The molecule has 0 atom stereocenters. The van der Waals surface area contributed by atoms with Gasteiger partial charge in [0.1, 0.15) is 5.82 Å². The van der Waals surface area contributed by atoms with Gasteiger partial charge >= 0.3 is 0 Å². The maximum absolute atomic E-state index is 4.83. The summed E-state index contributed by atoms with van der Waals surface area (Å²) >= 11 is 3.52. The van der Waals surface area contributed by atoms with Crippen molar-refractivity contribution in [3.05, 3.63) is 90.3 Å². The number of fused-ring (bicyclic) bond motifs is 1. The lowest BCUT2D eigenvalue weighted by atomic mass is 10.1. The Morgan fingerprint density at radius 2 is 2.09 bits per heavy atom. The Kier molecular flexibility index (Phi) is 4.58. The highest BCUT2D eigenvalue weighted by atomic mass is 79.9. The first kappa shape index (κ1) is 15.5. The van der Waals surface area contributed by atoms with Gasteiger partial charge in [0.05, 0.1) is 11.0 Å². The predicted molar refractivity (Wildman–Crippen MR) is 103 cm³/mol. The molecule has 0 radical (unpaired) electrons. The van der Waals surface area contributed by atoms with Crippen LogP contribution < -0.4 is 0 Å². The molecule has 3 heteroatoms. The molecule has 2 nitrogen and oxygen atoms in total. The lowest BCUT2D eigenvalue weighted by Gasteiger charge is -2.10. The SMILES string of the molecule is C=C/C=C\C(=C)n1c(C2=CC=C(Br)C=CC2)nc2ccccc21. The van der Waals surface area contributed by atoms with Gasteiger partial charge in [0.25, 0.3) is 0 Å². The third-order valence-corrected chi connectivity index (χ3v) is 4.15. The van der Waals surface area contributed by atoms with Gasteiger partial charge in [-0.05, 0) is 36.3 Å². The van der Waals surface area contributed by atoms with Crippen LogP contribution in [0.5, 0.6) is 0 Å². The van der Waals surface area contributed by atoms with Crippen molar-refractivity contribution in [3.8, 4) is 0 Å². The summed E-state index contributed by atoms with van der Waals surface area (Å²) in [6.45, 7) is 7.92. The van der Waals surface area contributed by atoms with Crippen LogP contribution in [0.4, 0.5) is 0 Å². The smallest absolute Gasteiger partial charge is 0.141 e. The molecule has 0 bridgehead atoms. The number of para-hydroxylation sites is 2. The molecular formula is C20H17BrN2. The summed E-state index contributed by atoms with van der Waals surface area (Å²) in [4.78, 5) is 4.83. The van der Waals surface area contributed by atoms with E-state index < -0.39 is 0 Å². The van der Waals surface area contributed by atoms with Gasteiger partial charge in [0, 0.05) is 10.2 Å². The Balaban J connectivity index is 2.20. The van der Waals surface area contributed by atoms with E-state index in [2.05, 4.69) is 57.9 Å². The normalized spacial score (nSPS) is 14.7. The van der Waals surface area contributed by atoms with Crippen LogP contribution in [0, 0.1) is 0 Å². The lowest BCUT2D eigenvalue weighted by Crippen LogP contribution is -2.00. The molecule has 1 aromatic heterocycles. The quantitative estimate of drug-likeness (QED) is 0.620. The molecule has 1 aliphatic rings. The summed E-state index contributed by atoms with van der Waals surface area (Å²) in [7, 11) is 0. The fourth-order valence-corrected chi connectivity index (χ4v) is 2.87. The molecule has 0 saturated heterocycles. The van der Waals surface area contributed by atoms with Crippen LogP contribution in [0.1, 0.15) is 12.2 Å². The van der Waals surface area contributed by atoms with E-state index in [1.54, 1.807) is 6.08 Å². The standard InChI is InChI=1S/C20H17BrN2/c1-3-4-8-15(2)23-19-12-6-5-11-18(19)22-20(23)16-9-7-10-17(21)14-13-16/h3-8,10-14H,1-2,9H2/b8-4-. The highest BCUT2D eigenvalue weighted by Crippen LogP contribution is 2.29. The van der Waals surface area contributed by atoms with E-state index in [1.807, 2.05) is 36.4 Å². The molecule has 1 aromatic carbocycles. The van der Waals surface area contributed by atoms with Crippen LogP contribution in [0.2, 0.25) is 0 Å². The zero-order valence-corrected chi connectivity index (χ0v) is 14.3. The first-order chi connectivity index (χ1) is 11.2. The first-order valence-electron chi connectivity index (χ1n) is 7.40. The van der Waals surface area contributed by atoms with Gasteiger partial charge in [-0.15, -0.1) is 0 Å². The van der Waals surface area contributed by atoms with Crippen LogP contribution in [-0.4, -0.2) is 9.55 Å². The van der Waals surface area contributed by atoms with E-state index >= 15 is 0 Å². The molecule has 1 heterocycles. The number of rotatable bonds is 4. The van der Waals surface area contributed by atoms with E-state index in [9.17, 15) is 0 Å². The van der Waals surface area contributed by atoms with Crippen LogP contribution >= 0.6 is 15.9 Å². The van der Waals surface area contributed by atoms with Crippen molar-refractivity contribution in [2.24, 2.45) is 0 Å². The first-order valence-corrected chi connectivity index (χ1v) is 8.19. The predicted octanol–water partition coefficient (Wildman–Crippen LogP) is 5.87. The Bertz CT molecular complexity index is 892.